The van der Waals surface area contributed by atoms with Gasteiger partial charge in [-0.05, 0) is 48.5 Å². The topological polar surface area (TPSA) is 99.6 Å². The maximum absolute atomic E-state index is 8.34. The molecule has 4 N–H and O–H groups in total. The lowest BCUT2D eigenvalue weighted by molar-refractivity contribution is 1.48. The molecule has 0 bridgehead atoms. The van der Waals surface area contributed by atoms with E-state index in [1.54, 1.807) is 48.5 Å². The smallest absolute Gasteiger partial charge is 0.0991 e. The van der Waals surface area contributed by atoms with Crippen molar-refractivity contribution < 1.29 is 0 Å². The highest BCUT2D eigenvalue weighted by molar-refractivity contribution is 5.43. The minimum atomic E-state index is 0.643. The monoisotopic (exact) mass is 236 g/mol. The molecule has 0 saturated carbocycles. The first-order valence-electron chi connectivity index (χ1n) is 5.17. The molecule has 0 atom stereocenters. The van der Waals surface area contributed by atoms with Crippen molar-refractivity contribution in [3.63, 3.8) is 0 Å². The SMILES string of the molecule is N#Cc1ccc(N)cc1.N#Cc1ccc(N)cc1. The van der Waals surface area contributed by atoms with E-state index in [2.05, 4.69) is 0 Å². The van der Waals surface area contributed by atoms with Gasteiger partial charge in [0, 0.05) is 11.4 Å². The van der Waals surface area contributed by atoms with Crippen LogP contribution >= 0.6 is 0 Å². The van der Waals surface area contributed by atoms with Crippen LogP contribution in [-0.4, -0.2) is 0 Å². The van der Waals surface area contributed by atoms with Gasteiger partial charge in [0.2, 0.25) is 0 Å². The van der Waals surface area contributed by atoms with E-state index in [0.29, 0.717) is 22.5 Å². The van der Waals surface area contributed by atoms with Crippen molar-refractivity contribution in [2.75, 3.05) is 11.5 Å². The van der Waals surface area contributed by atoms with Crippen LogP contribution < -0.4 is 11.5 Å². The molecule has 0 spiro atoms. The van der Waals surface area contributed by atoms with E-state index in [1.807, 2.05) is 12.1 Å². The fourth-order valence-corrected chi connectivity index (χ4v) is 1.12. The van der Waals surface area contributed by atoms with Gasteiger partial charge < -0.3 is 11.5 Å². The summed E-state index contributed by atoms with van der Waals surface area (Å²) in [5.41, 5.74) is 13.4. The second-order valence-electron chi connectivity index (χ2n) is 3.47. The van der Waals surface area contributed by atoms with Gasteiger partial charge in [0.05, 0.1) is 23.3 Å². The van der Waals surface area contributed by atoms with E-state index in [1.165, 1.54) is 0 Å². The van der Waals surface area contributed by atoms with Gasteiger partial charge in [-0.1, -0.05) is 0 Å². The van der Waals surface area contributed by atoms with Crippen LogP contribution in [0.4, 0.5) is 11.4 Å². The third-order valence-corrected chi connectivity index (χ3v) is 2.08. The van der Waals surface area contributed by atoms with Crippen LogP contribution in [0.5, 0.6) is 0 Å². The number of nitrogens with two attached hydrogens (primary N) is 2. The molecule has 4 nitrogen and oxygen atoms in total. The number of benzene rings is 2. The summed E-state index contributed by atoms with van der Waals surface area (Å²) in [6.07, 6.45) is 0. The molecule has 0 aromatic heterocycles. The molecule has 0 radical (unpaired) electrons. The van der Waals surface area contributed by atoms with E-state index in [0.717, 1.165) is 0 Å². The summed E-state index contributed by atoms with van der Waals surface area (Å²) in [6.45, 7) is 0. The zero-order valence-electron chi connectivity index (χ0n) is 9.67. The fourth-order valence-electron chi connectivity index (χ4n) is 1.12. The summed E-state index contributed by atoms with van der Waals surface area (Å²) in [4.78, 5) is 0. The number of hydrogen-bond acceptors (Lipinski definition) is 4. The van der Waals surface area contributed by atoms with Crippen molar-refractivity contribution >= 4 is 11.4 Å². The van der Waals surface area contributed by atoms with E-state index >= 15 is 0 Å². The van der Waals surface area contributed by atoms with Crippen LogP contribution in [0.3, 0.4) is 0 Å². The zero-order valence-corrected chi connectivity index (χ0v) is 9.67. The predicted octanol–water partition coefficient (Wildman–Crippen LogP) is 2.28. The van der Waals surface area contributed by atoms with Crippen molar-refractivity contribution in [3.05, 3.63) is 59.7 Å². The zero-order chi connectivity index (χ0) is 13.4. The Morgan fingerprint density at radius 2 is 0.889 bits per heavy atom. The maximum Gasteiger partial charge on any atom is 0.0991 e. The summed E-state index contributed by atoms with van der Waals surface area (Å²) in [5.74, 6) is 0. The van der Waals surface area contributed by atoms with E-state index in [4.69, 9.17) is 22.0 Å². The first kappa shape index (κ1) is 13.1. The average molecular weight is 236 g/mol. The number of rotatable bonds is 0. The number of nitriles is 2. The Morgan fingerprint density at radius 3 is 1.11 bits per heavy atom. The highest BCUT2D eigenvalue weighted by atomic mass is 14.5. The number of nitrogen functional groups attached to an aromatic ring is 2. The highest BCUT2D eigenvalue weighted by Crippen LogP contribution is 2.03. The van der Waals surface area contributed by atoms with Crippen LogP contribution in [0.1, 0.15) is 11.1 Å². The summed E-state index contributed by atoms with van der Waals surface area (Å²) < 4.78 is 0. The van der Waals surface area contributed by atoms with Crippen LogP contribution in [0, 0.1) is 22.7 Å². The van der Waals surface area contributed by atoms with Crippen LogP contribution in [0.15, 0.2) is 48.5 Å². The van der Waals surface area contributed by atoms with Crippen molar-refractivity contribution in [2.24, 2.45) is 0 Å². The molecule has 2 aromatic carbocycles. The molecule has 0 saturated heterocycles. The molecule has 2 aromatic rings. The molecular weight excluding hydrogens is 224 g/mol. The van der Waals surface area contributed by atoms with Gasteiger partial charge >= 0.3 is 0 Å². The van der Waals surface area contributed by atoms with Gasteiger partial charge in [-0.15, -0.1) is 0 Å². The third kappa shape index (κ3) is 4.26. The number of nitrogens with zero attached hydrogens (tertiary/aromatic N) is 2. The predicted molar refractivity (Wildman–Crippen MR) is 71.1 cm³/mol. The first-order valence-corrected chi connectivity index (χ1v) is 5.17. The second kappa shape index (κ2) is 6.57. The van der Waals surface area contributed by atoms with Crippen LogP contribution in [-0.2, 0) is 0 Å². The highest BCUT2D eigenvalue weighted by Gasteiger charge is 1.86. The Balaban J connectivity index is 0.000000180. The molecule has 0 fully saturated rings. The molecule has 0 aliphatic carbocycles. The minimum absolute atomic E-state index is 0.643. The summed E-state index contributed by atoms with van der Waals surface area (Å²) in [7, 11) is 0. The molecule has 88 valence electrons. The van der Waals surface area contributed by atoms with Crippen LogP contribution in [0.2, 0.25) is 0 Å². The third-order valence-electron chi connectivity index (χ3n) is 2.08. The number of hydrogen-bond donors (Lipinski definition) is 2. The molecule has 18 heavy (non-hydrogen) atoms. The maximum atomic E-state index is 8.34. The Bertz CT molecular complexity index is 516. The van der Waals surface area contributed by atoms with Crippen molar-refractivity contribution in [3.8, 4) is 12.1 Å². The molecular formula is C14H12N4. The minimum Gasteiger partial charge on any atom is -0.399 e. The molecule has 0 amide bonds. The standard InChI is InChI=1S/2C7H6N2/c2*8-5-6-1-3-7(9)4-2-6/h2*1-4H,9H2. The first-order chi connectivity index (χ1) is 8.65. The molecule has 0 unspecified atom stereocenters. The van der Waals surface area contributed by atoms with Gasteiger partial charge in [-0.2, -0.15) is 10.5 Å². The summed E-state index contributed by atoms with van der Waals surface area (Å²) in [5, 5.41) is 16.7. The normalized spacial score (nSPS) is 8.33. The molecule has 0 aliphatic rings. The van der Waals surface area contributed by atoms with Crippen molar-refractivity contribution in [1.29, 1.82) is 10.5 Å². The lowest BCUT2D eigenvalue weighted by Crippen LogP contribution is -1.82. The lowest BCUT2D eigenvalue weighted by Gasteiger charge is -1.88. The molecule has 4 heteroatoms. The fraction of sp³-hybridized carbons (Fsp3) is 0. The Labute approximate surface area is 106 Å². The van der Waals surface area contributed by atoms with Crippen LogP contribution in [0.25, 0.3) is 0 Å². The lowest BCUT2D eigenvalue weighted by atomic mass is 10.2. The Hall–Kier alpha value is -2.98. The van der Waals surface area contributed by atoms with E-state index in [-0.39, 0.29) is 0 Å². The summed E-state index contributed by atoms with van der Waals surface area (Å²) >= 11 is 0. The number of anilines is 2. The van der Waals surface area contributed by atoms with Gasteiger partial charge in [-0.3, -0.25) is 0 Å². The van der Waals surface area contributed by atoms with Gasteiger partial charge in [0.1, 0.15) is 0 Å². The van der Waals surface area contributed by atoms with Gasteiger partial charge in [0.25, 0.3) is 0 Å². The summed E-state index contributed by atoms with van der Waals surface area (Å²) in [6, 6.07) is 17.6. The Kier molecular flexibility index (Phi) is 4.78. The quantitative estimate of drug-likeness (QED) is 0.685. The van der Waals surface area contributed by atoms with Crippen molar-refractivity contribution in [1.82, 2.24) is 0 Å². The van der Waals surface area contributed by atoms with Gasteiger partial charge in [-0.25, -0.2) is 0 Å². The van der Waals surface area contributed by atoms with E-state index < -0.39 is 0 Å². The largest absolute Gasteiger partial charge is 0.399 e. The molecule has 0 heterocycles. The van der Waals surface area contributed by atoms with Crippen molar-refractivity contribution in [2.45, 2.75) is 0 Å². The molecule has 2 rings (SSSR count). The average Bonchev–Trinajstić information content (AvgIpc) is 2.41. The van der Waals surface area contributed by atoms with E-state index in [9.17, 15) is 0 Å². The Morgan fingerprint density at radius 1 is 0.611 bits per heavy atom. The second-order valence-corrected chi connectivity index (χ2v) is 3.47. The van der Waals surface area contributed by atoms with Gasteiger partial charge in [0.15, 0.2) is 0 Å². The molecule has 0 aliphatic heterocycles.